The molecule has 0 saturated heterocycles. The SMILES string of the molecule is CCC(CC)CNC(=O)CSc1ccc(Br)cc1C. The Bertz CT molecular complexity index is 419. The quantitative estimate of drug-likeness (QED) is 0.743. The van der Waals surface area contributed by atoms with E-state index >= 15 is 0 Å². The molecular formula is C15H22BrNOS. The van der Waals surface area contributed by atoms with Crippen molar-refractivity contribution in [2.24, 2.45) is 5.92 Å². The summed E-state index contributed by atoms with van der Waals surface area (Å²) in [5, 5.41) is 3.02. The van der Waals surface area contributed by atoms with Crippen molar-refractivity contribution >= 4 is 33.6 Å². The molecule has 0 aromatic heterocycles. The average Bonchev–Trinajstić information content (AvgIpc) is 2.39. The second-order valence-corrected chi connectivity index (χ2v) is 6.62. The number of benzene rings is 1. The van der Waals surface area contributed by atoms with Gasteiger partial charge in [0.2, 0.25) is 5.91 Å². The van der Waals surface area contributed by atoms with Gasteiger partial charge >= 0.3 is 0 Å². The first kappa shape index (κ1) is 16.6. The van der Waals surface area contributed by atoms with Crippen LogP contribution in [0.1, 0.15) is 32.3 Å². The van der Waals surface area contributed by atoms with Crippen LogP contribution in [-0.4, -0.2) is 18.2 Å². The zero-order valence-corrected chi connectivity index (χ0v) is 14.2. The van der Waals surface area contributed by atoms with Crippen LogP contribution in [-0.2, 0) is 4.79 Å². The van der Waals surface area contributed by atoms with E-state index < -0.39 is 0 Å². The number of hydrogen-bond acceptors (Lipinski definition) is 2. The molecule has 0 atom stereocenters. The molecule has 0 unspecified atom stereocenters. The van der Waals surface area contributed by atoms with Crippen molar-refractivity contribution in [3.05, 3.63) is 28.2 Å². The van der Waals surface area contributed by atoms with Gasteiger partial charge in [0.15, 0.2) is 0 Å². The van der Waals surface area contributed by atoms with Crippen molar-refractivity contribution in [1.29, 1.82) is 0 Å². The molecule has 0 bridgehead atoms. The van der Waals surface area contributed by atoms with E-state index in [0.29, 0.717) is 11.7 Å². The van der Waals surface area contributed by atoms with Crippen LogP contribution in [0.5, 0.6) is 0 Å². The molecule has 1 aromatic carbocycles. The number of nitrogens with one attached hydrogen (secondary N) is 1. The molecule has 0 aliphatic heterocycles. The maximum absolute atomic E-state index is 11.8. The van der Waals surface area contributed by atoms with Crippen LogP contribution in [0.25, 0.3) is 0 Å². The summed E-state index contributed by atoms with van der Waals surface area (Å²) in [4.78, 5) is 13.0. The van der Waals surface area contributed by atoms with Gasteiger partial charge in [-0.2, -0.15) is 0 Å². The first-order valence-electron chi connectivity index (χ1n) is 6.72. The summed E-state index contributed by atoms with van der Waals surface area (Å²) in [6, 6.07) is 6.14. The van der Waals surface area contributed by atoms with Crippen molar-refractivity contribution in [3.8, 4) is 0 Å². The molecule has 106 valence electrons. The fraction of sp³-hybridized carbons (Fsp3) is 0.533. The molecule has 2 nitrogen and oxygen atoms in total. The smallest absolute Gasteiger partial charge is 0.230 e. The lowest BCUT2D eigenvalue weighted by atomic mass is 10.0. The highest BCUT2D eigenvalue weighted by Crippen LogP contribution is 2.25. The number of amides is 1. The van der Waals surface area contributed by atoms with Crippen LogP contribution in [0.4, 0.5) is 0 Å². The van der Waals surface area contributed by atoms with Crippen LogP contribution >= 0.6 is 27.7 Å². The number of carbonyl (C=O) groups is 1. The fourth-order valence-corrected chi connectivity index (χ4v) is 3.12. The van der Waals surface area contributed by atoms with E-state index in [0.717, 1.165) is 23.9 Å². The topological polar surface area (TPSA) is 29.1 Å². The van der Waals surface area contributed by atoms with Gasteiger partial charge in [0.1, 0.15) is 0 Å². The Morgan fingerprint density at radius 1 is 1.37 bits per heavy atom. The van der Waals surface area contributed by atoms with Gasteiger partial charge in [-0.15, -0.1) is 11.8 Å². The molecule has 0 saturated carbocycles. The van der Waals surface area contributed by atoms with Crippen molar-refractivity contribution in [1.82, 2.24) is 5.32 Å². The Hall–Kier alpha value is -0.480. The Morgan fingerprint density at radius 2 is 2.05 bits per heavy atom. The third kappa shape index (κ3) is 6.00. The lowest BCUT2D eigenvalue weighted by Crippen LogP contribution is -2.30. The molecule has 1 N–H and O–H groups in total. The van der Waals surface area contributed by atoms with Crippen LogP contribution in [0.2, 0.25) is 0 Å². The number of thioether (sulfide) groups is 1. The van der Waals surface area contributed by atoms with E-state index in [1.54, 1.807) is 11.8 Å². The van der Waals surface area contributed by atoms with E-state index in [-0.39, 0.29) is 5.91 Å². The first-order chi connectivity index (χ1) is 9.06. The number of carbonyl (C=O) groups excluding carboxylic acids is 1. The van der Waals surface area contributed by atoms with E-state index in [1.165, 1.54) is 10.5 Å². The zero-order chi connectivity index (χ0) is 14.3. The number of halogens is 1. The second kappa shape index (κ2) is 8.64. The van der Waals surface area contributed by atoms with Crippen molar-refractivity contribution in [3.63, 3.8) is 0 Å². The maximum Gasteiger partial charge on any atom is 0.230 e. The molecule has 0 aliphatic rings. The summed E-state index contributed by atoms with van der Waals surface area (Å²) < 4.78 is 1.08. The Morgan fingerprint density at radius 3 is 2.63 bits per heavy atom. The monoisotopic (exact) mass is 343 g/mol. The fourth-order valence-electron chi connectivity index (χ4n) is 1.80. The van der Waals surface area contributed by atoms with Crippen molar-refractivity contribution in [2.75, 3.05) is 12.3 Å². The predicted molar refractivity (Wildman–Crippen MR) is 86.7 cm³/mol. The summed E-state index contributed by atoms with van der Waals surface area (Å²) in [5.74, 6) is 1.21. The van der Waals surface area contributed by atoms with Gasteiger partial charge in [0, 0.05) is 15.9 Å². The minimum atomic E-state index is 0.124. The van der Waals surface area contributed by atoms with Gasteiger partial charge in [-0.05, 0) is 36.6 Å². The molecule has 1 rings (SSSR count). The van der Waals surface area contributed by atoms with Gasteiger partial charge in [0.05, 0.1) is 5.75 Å². The number of rotatable bonds is 7. The van der Waals surface area contributed by atoms with Crippen molar-refractivity contribution < 1.29 is 4.79 Å². The van der Waals surface area contributed by atoms with Gasteiger partial charge < -0.3 is 5.32 Å². The Kier molecular flexibility index (Phi) is 7.54. The summed E-state index contributed by atoms with van der Waals surface area (Å²) in [7, 11) is 0. The molecule has 0 radical (unpaired) electrons. The summed E-state index contributed by atoms with van der Waals surface area (Å²) >= 11 is 5.04. The predicted octanol–water partition coefficient (Wildman–Crippen LogP) is 4.40. The van der Waals surface area contributed by atoms with Gasteiger partial charge in [-0.1, -0.05) is 42.6 Å². The van der Waals surface area contributed by atoms with Gasteiger partial charge in [-0.3, -0.25) is 4.79 Å². The molecule has 4 heteroatoms. The summed E-state index contributed by atoms with van der Waals surface area (Å²) in [6.45, 7) is 7.20. The maximum atomic E-state index is 11.8. The minimum Gasteiger partial charge on any atom is -0.355 e. The normalized spacial score (nSPS) is 10.8. The van der Waals surface area contributed by atoms with Crippen LogP contribution in [0.15, 0.2) is 27.6 Å². The lowest BCUT2D eigenvalue weighted by molar-refractivity contribution is -0.118. The minimum absolute atomic E-state index is 0.124. The van der Waals surface area contributed by atoms with Crippen LogP contribution < -0.4 is 5.32 Å². The largest absolute Gasteiger partial charge is 0.355 e. The highest BCUT2D eigenvalue weighted by Gasteiger charge is 2.08. The van der Waals surface area contributed by atoms with E-state index in [4.69, 9.17) is 0 Å². The average molecular weight is 344 g/mol. The number of aryl methyl sites for hydroxylation is 1. The zero-order valence-electron chi connectivity index (χ0n) is 11.8. The van der Waals surface area contributed by atoms with E-state index in [9.17, 15) is 4.79 Å². The molecule has 1 amide bonds. The van der Waals surface area contributed by atoms with E-state index in [2.05, 4.69) is 54.2 Å². The number of hydrogen-bond donors (Lipinski definition) is 1. The highest BCUT2D eigenvalue weighted by molar-refractivity contribution is 9.10. The Labute approximate surface area is 128 Å². The third-order valence-electron chi connectivity index (χ3n) is 3.24. The molecule has 0 fully saturated rings. The summed E-state index contributed by atoms with van der Waals surface area (Å²) in [5.41, 5.74) is 1.20. The molecule has 1 aromatic rings. The highest BCUT2D eigenvalue weighted by atomic mass is 79.9. The molecule has 0 aliphatic carbocycles. The van der Waals surface area contributed by atoms with Gasteiger partial charge in [0.25, 0.3) is 0 Å². The molecule has 19 heavy (non-hydrogen) atoms. The molecule has 0 spiro atoms. The summed E-state index contributed by atoms with van der Waals surface area (Å²) in [6.07, 6.45) is 2.24. The second-order valence-electron chi connectivity index (χ2n) is 4.69. The first-order valence-corrected chi connectivity index (χ1v) is 8.50. The van der Waals surface area contributed by atoms with Crippen LogP contribution in [0, 0.1) is 12.8 Å². The third-order valence-corrected chi connectivity index (χ3v) is 4.91. The van der Waals surface area contributed by atoms with Crippen LogP contribution in [0.3, 0.4) is 0 Å². The lowest BCUT2D eigenvalue weighted by Gasteiger charge is -2.13. The Balaban J connectivity index is 2.37. The molecule has 0 heterocycles. The van der Waals surface area contributed by atoms with E-state index in [1.807, 2.05) is 6.07 Å². The van der Waals surface area contributed by atoms with Crippen molar-refractivity contribution in [2.45, 2.75) is 38.5 Å². The van der Waals surface area contributed by atoms with Gasteiger partial charge in [-0.25, -0.2) is 0 Å². The standard InChI is InChI=1S/C15H22BrNOS/c1-4-12(5-2)9-17-15(18)10-19-14-7-6-13(16)8-11(14)3/h6-8,12H,4-5,9-10H2,1-3H3,(H,17,18). The molecular weight excluding hydrogens is 322 g/mol.